The van der Waals surface area contributed by atoms with E-state index in [-0.39, 0.29) is 0 Å². The summed E-state index contributed by atoms with van der Waals surface area (Å²) in [5, 5.41) is 1.94. The van der Waals surface area contributed by atoms with Crippen molar-refractivity contribution in [2.45, 2.75) is 25.3 Å². The number of sulfonamides is 1. The van der Waals surface area contributed by atoms with Gasteiger partial charge >= 0.3 is 0 Å². The Bertz CT molecular complexity index is 769. The third-order valence-electron chi connectivity index (χ3n) is 3.34. The molecule has 2 aromatic rings. The first kappa shape index (κ1) is 16.5. The van der Waals surface area contributed by atoms with E-state index < -0.39 is 10.0 Å². The number of nitrogens with zero attached hydrogens (tertiary/aromatic N) is 1. The highest BCUT2D eigenvalue weighted by Gasteiger charge is 2.26. The average Bonchev–Trinajstić information content (AvgIpc) is 2.79. The van der Waals surface area contributed by atoms with Gasteiger partial charge in [-0.3, -0.25) is 0 Å². The zero-order valence-electron chi connectivity index (χ0n) is 12.1. The predicted molar refractivity (Wildman–Crippen MR) is 91.0 cm³/mol. The molecule has 0 unspecified atom stereocenters. The van der Waals surface area contributed by atoms with Gasteiger partial charge in [0.2, 0.25) is 10.0 Å². The Kier molecular flexibility index (Phi) is 4.77. The zero-order chi connectivity index (χ0) is 15.8. The largest absolute Gasteiger partial charge is 0.398 e. The maximum atomic E-state index is 12.8. The molecule has 114 valence electrons. The van der Waals surface area contributed by atoms with Gasteiger partial charge in [-0.1, -0.05) is 6.07 Å². The summed E-state index contributed by atoms with van der Waals surface area (Å²) in [5.74, 6) is 0. The van der Waals surface area contributed by atoms with Crippen molar-refractivity contribution < 1.29 is 8.42 Å². The zero-order valence-corrected chi connectivity index (χ0v) is 15.3. The number of hydrogen-bond donors (Lipinski definition) is 1. The van der Waals surface area contributed by atoms with E-state index in [0.717, 1.165) is 9.35 Å². The minimum absolute atomic E-state index is 0.305. The molecular weight excluding hydrogens is 372 g/mol. The van der Waals surface area contributed by atoms with Crippen molar-refractivity contribution in [1.82, 2.24) is 4.31 Å². The summed E-state index contributed by atoms with van der Waals surface area (Å²) in [7, 11) is -1.98. The van der Waals surface area contributed by atoms with Crippen LogP contribution in [0.15, 0.2) is 32.3 Å². The van der Waals surface area contributed by atoms with Gasteiger partial charge in [-0.25, -0.2) is 8.42 Å². The Morgan fingerprint density at radius 3 is 2.57 bits per heavy atom. The second-order valence-electron chi connectivity index (χ2n) is 4.95. The Morgan fingerprint density at radius 1 is 1.33 bits per heavy atom. The second kappa shape index (κ2) is 6.08. The normalized spacial score (nSPS) is 12.0. The molecule has 7 heteroatoms. The number of anilines is 1. The summed E-state index contributed by atoms with van der Waals surface area (Å²) in [4.78, 5) is 0.305. The van der Waals surface area contributed by atoms with Gasteiger partial charge in [0.15, 0.2) is 0 Å². The van der Waals surface area contributed by atoms with Crippen molar-refractivity contribution in [2.75, 3.05) is 12.8 Å². The molecule has 0 spiro atoms. The minimum atomic E-state index is -3.57. The van der Waals surface area contributed by atoms with Crippen molar-refractivity contribution in [1.29, 1.82) is 0 Å². The SMILES string of the molecule is Cc1ccc(N)c(C)c1S(=O)(=O)N(C)Cc1csc(Br)c1. The number of halogens is 1. The smallest absolute Gasteiger partial charge is 0.243 e. The van der Waals surface area contributed by atoms with E-state index in [1.54, 1.807) is 33.0 Å². The van der Waals surface area contributed by atoms with Crippen molar-refractivity contribution in [2.24, 2.45) is 0 Å². The molecule has 0 saturated heterocycles. The molecule has 0 amide bonds. The predicted octanol–water partition coefficient (Wildman–Crippen LogP) is 3.53. The molecule has 0 radical (unpaired) electrons. The van der Waals surface area contributed by atoms with Gasteiger partial charge in [-0.2, -0.15) is 4.31 Å². The number of nitrogen functional groups attached to an aromatic ring is 1. The maximum Gasteiger partial charge on any atom is 0.243 e. The van der Waals surface area contributed by atoms with Gasteiger partial charge in [-0.05, 0) is 64.0 Å². The lowest BCUT2D eigenvalue weighted by Crippen LogP contribution is -2.27. The minimum Gasteiger partial charge on any atom is -0.398 e. The molecule has 1 aromatic heterocycles. The highest BCUT2D eigenvalue weighted by atomic mass is 79.9. The van der Waals surface area contributed by atoms with Crippen LogP contribution in [-0.2, 0) is 16.6 Å². The van der Waals surface area contributed by atoms with Gasteiger partial charge in [0.05, 0.1) is 8.68 Å². The molecule has 0 atom stereocenters. The molecule has 0 saturated carbocycles. The number of benzene rings is 1. The monoisotopic (exact) mass is 388 g/mol. The lowest BCUT2D eigenvalue weighted by molar-refractivity contribution is 0.466. The molecule has 2 rings (SSSR count). The Morgan fingerprint density at radius 2 is 2.00 bits per heavy atom. The summed E-state index contributed by atoms with van der Waals surface area (Å²) < 4.78 is 27.9. The fourth-order valence-electron chi connectivity index (χ4n) is 2.17. The van der Waals surface area contributed by atoms with E-state index in [1.165, 1.54) is 15.6 Å². The first-order valence-corrected chi connectivity index (χ1v) is 9.39. The van der Waals surface area contributed by atoms with Crippen LogP contribution in [0.3, 0.4) is 0 Å². The van der Waals surface area contributed by atoms with Gasteiger partial charge in [0, 0.05) is 19.3 Å². The van der Waals surface area contributed by atoms with Gasteiger partial charge in [0.1, 0.15) is 0 Å². The second-order valence-corrected chi connectivity index (χ2v) is 9.22. The number of aryl methyl sites for hydroxylation is 1. The van der Waals surface area contributed by atoms with Crippen molar-refractivity contribution in [3.63, 3.8) is 0 Å². The third kappa shape index (κ3) is 3.31. The summed E-state index contributed by atoms with van der Waals surface area (Å²) >= 11 is 4.92. The Hall–Kier alpha value is -0.890. The molecular formula is C14H17BrN2O2S2. The summed E-state index contributed by atoms with van der Waals surface area (Å²) in [6.07, 6.45) is 0. The molecule has 4 nitrogen and oxygen atoms in total. The number of thiophene rings is 1. The number of rotatable bonds is 4. The van der Waals surface area contributed by atoms with Crippen LogP contribution in [0.2, 0.25) is 0 Å². The van der Waals surface area contributed by atoms with E-state index in [0.29, 0.717) is 28.3 Å². The van der Waals surface area contributed by atoms with Crippen molar-refractivity contribution in [3.05, 3.63) is 44.1 Å². The molecule has 21 heavy (non-hydrogen) atoms. The fourth-order valence-corrected chi connectivity index (χ4v) is 4.98. The van der Waals surface area contributed by atoms with Gasteiger partial charge in [0.25, 0.3) is 0 Å². The topological polar surface area (TPSA) is 63.4 Å². The van der Waals surface area contributed by atoms with Crippen molar-refractivity contribution in [3.8, 4) is 0 Å². The van der Waals surface area contributed by atoms with Crippen LogP contribution in [0, 0.1) is 13.8 Å². The van der Waals surface area contributed by atoms with E-state index in [9.17, 15) is 8.42 Å². The molecule has 1 heterocycles. The molecule has 1 aromatic carbocycles. The highest BCUT2D eigenvalue weighted by Crippen LogP contribution is 2.29. The van der Waals surface area contributed by atoms with Crippen LogP contribution >= 0.6 is 27.3 Å². The quantitative estimate of drug-likeness (QED) is 0.814. The average molecular weight is 389 g/mol. The van der Waals surface area contributed by atoms with Crippen LogP contribution in [0.4, 0.5) is 5.69 Å². The van der Waals surface area contributed by atoms with Crippen LogP contribution in [-0.4, -0.2) is 19.8 Å². The Labute approximate surface area is 137 Å². The van der Waals surface area contributed by atoms with E-state index in [2.05, 4.69) is 15.9 Å². The van der Waals surface area contributed by atoms with Crippen LogP contribution in [0.1, 0.15) is 16.7 Å². The molecule has 0 aliphatic carbocycles. The lowest BCUT2D eigenvalue weighted by Gasteiger charge is -2.20. The first-order chi connectivity index (χ1) is 9.73. The van der Waals surface area contributed by atoms with Gasteiger partial charge < -0.3 is 5.73 Å². The van der Waals surface area contributed by atoms with Gasteiger partial charge in [-0.15, -0.1) is 11.3 Å². The highest BCUT2D eigenvalue weighted by molar-refractivity contribution is 9.11. The molecule has 0 aliphatic rings. The summed E-state index contributed by atoms with van der Waals surface area (Å²) in [5.41, 5.74) is 8.62. The summed E-state index contributed by atoms with van der Waals surface area (Å²) in [6, 6.07) is 5.40. The van der Waals surface area contributed by atoms with E-state index in [4.69, 9.17) is 5.73 Å². The summed E-state index contributed by atoms with van der Waals surface area (Å²) in [6.45, 7) is 3.86. The Balaban J connectivity index is 2.40. The van der Waals surface area contributed by atoms with E-state index in [1.807, 2.05) is 11.4 Å². The lowest BCUT2D eigenvalue weighted by atomic mass is 10.1. The number of hydrogen-bond acceptors (Lipinski definition) is 4. The fraction of sp³-hybridized carbons (Fsp3) is 0.286. The van der Waals surface area contributed by atoms with Crippen molar-refractivity contribution >= 4 is 43.0 Å². The third-order valence-corrected chi connectivity index (χ3v) is 6.99. The first-order valence-electron chi connectivity index (χ1n) is 6.28. The molecule has 0 aliphatic heterocycles. The standard InChI is InChI=1S/C14H17BrN2O2S2/c1-9-4-5-12(16)10(2)14(9)21(18,19)17(3)7-11-6-13(15)20-8-11/h4-6,8H,7,16H2,1-3H3. The molecule has 2 N–H and O–H groups in total. The maximum absolute atomic E-state index is 12.8. The van der Waals surface area contributed by atoms with Crippen LogP contribution < -0.4 is 5.73 Å². The molecule has 0 bridgehead atoms. The number of nitrogens with two attached hydrogens (primary N) is 1. The van der Waals surface area contributed by atoms with E-state index >= 15 is 0 Å². The molecule has 0 fully saturated rings. The van der Waals surface area contributed by atoms with Crippen LogP contribution in [0.5, 0.6) is 0 Å². The van der Waals surface area contributed by atoms with Crippen LogP contribution in [0.25, 0.3) is 0 Å².